The molecule has 0 aromatic carbocycles. The van der Waals surface area contributed by atoms with Gasteiger partial charge in [-0.25, -0.2) is 0 Å². The van der Waals surface area contributed by atoms with E-state index in [1.807, 2.05) is 6.92 Å². The van der Waals surface area contributed by atoms with Crippen molar-refractivity contribution in [3.05, 3.63) is 11.1 Å². The van der Waals surface area contributed by atoms with Crippen LogP contribution in [0.2, 0.25) is 0 Å². The van der Waals surface area contributed by atoms with E-state index in [-0.39, 0.29) is 0 Å². The van der Waals surface area contributed by atoms with Crippen molar-refractivity contribution in [1.82, 2.24) is 0 Å². The lowest BCUT2D eigenvalue weighted by molar-refractivity contribution is 1.27. The smallest absolute Gasteiger partial charge is 0.0732 e. The third-order valence-electron chi connectivity index (χ3n) is 1.55. The predicted molar refractivity (Wildman–Crippen MR) is 49.7 cm³/mol. The summed E-state index contributed by atoms with van der Waals surface area (Å²) in [5.74, 6) is 0. The van der Waals surface area contributed by atoms with Gasteiger partial charge in [0.15, 0.2) is 0 Å². The number of nitrogens with zero attached hydrogens (tertiary/aromatic N) is 1. The minimum Gasteiger partial charge on any atom is -0.325 e. The highest BCUT2D eigenvalue weighted by atomic mass is 32.3. The topological polar surface area (TPSA) is 38.4 Å². The van der Waals surface area contributed by atoms with Gasteiger partial charge in [-0.2, -0.15) is 10.0 Å². The monoisotopic (exact) mass is 158 g/mol. The van der Waals surface area contributed by atoms with Gasteiger partial charge in [0.05, 0.1) is 5.04 Å². The summed E-state index contributed by atoms with van der Waals surface area (Å²) in [5, 5.41) is 3.40. The third kappa shape index (κ3) is 1.25. The first kappa shape index (κ1) is 7.82. The second-order valence-electron chi connectivity index (χ2n) is 2.87. The van der Waals surface area contributed by atoms with E-state index in [0.29, 0.717) is 6.54 Å². The lowest BCUT2D eigenvalue weighted by Gasteiger charge is -2.23. The van der Waals surface area contributed by atoms with Crippen LogP contribution in [-0.4, -0.2) is 24.1 Å². The van der Waals surface area contributed by atoms with E-state index in [4.69, 9.17) is 5.73 Å². The summed E-state index contributed by atoms with van der Waals surface area (Å²) < 4.78 is 0. The van der Waals surface area contributed by atoms with Crippen LogP contribution in [0.3, 0.4) is 0 Å². The average Bonchev–Trinajstić information content (AvgIpc) is 2.04. The van der Waals surface area contributed by atoms with Crippen LogP contribution in [0.15, 0.2) is 16.1 Å². The molecule has 1 aliphatic rings. The fourth-order valence-electron chi connectivity index (χ4n) is 1.10. The van der Waals surface area contributed by atoms with Crippen LogP contribution < -0.4 is 5.73 Å². The molecular weight excluding hydrogens is 144 g/mol. The second kappa shape index (κ2) is 2.40. The SMILES string of the molecule is CC1=CS(C)(C)C(CN)=N1. The van der Waals surface area contributed by atoms with Gasteiger partial charge in [0.25, 0.3) is 0 Å². The van der Waals surface area contributed by atoms with Crippen LogP contribution in [0.25, 0.3) is 0 Å². The lowest BCUT2D eigenvalue weighted by atomic mass is 10.6. The molecule has 1 rings (SSSR count). The molecule has 0 unspecified atom stereocenters. The van der Waals surface area contributed by atoms with Crippen LogP contribution in [0.5, 0.6) is 0 Å². The quantitative estimate of drug-likeness (QED) is 0.613. The average molecular weight is 158 g/mol. The van der Waals surface area contributed by atoms with Crippen LogP contribution in [0, 0.1) is 0 Å². The van der Waals surface area contributed by atoms with E-state index in [0.717, 1.165) is 5.70 Å². The fraction of sp³-hybridized carbons (Fsp3) is 0.571. The molecule has 0 bridgehead atoms. The van der Waals surface area contributed by atoms with Crippen LogP contribution in [0.1, 0.15) is 6.92 Å². The Labute approximate surface area is 63.5 Å². The summed E-state index contributed by atoms with van der Waals surface area (Å²) >= 11 is 0. The predicted octanol–water partition coefficient (Wildman–Crippen LogP) is 1.28. The van der Waals surface area contributed by atoms with Gasteiger partial charge in [-0.05, 0) is 24.8 Å². The van der Waals surface area contributed by atoms with Crippen LogP contribution in [-0.2, 0) is 0 Å². The second-order valence-corrected chi connectivity index (χ2v) is 6.39. The van der Waals surface area contributed by atoms with Gasteiger partial charge in [-0.3, -0.25) is 4.99 Å². The molecule has 0 aromatic rings. The normalized spacial score (nSPS) is 25.6. The number of allylic oxidation sites excluding steroid dienone is 1. The highest BCUT2D eigenvalue weighted by Crippen LogP contribution is 2.48. The van der Waals surface area contributed by atoms with Crippen molar-refractivity contribution in [2.24, 2.45) is 10.7 Å². The van der Waals surface area contributed by atoms with Crippen molar-refractivity contribution in [1.29, 1.82) is 0 Å². The maximum Gasteiger partial charge on any atom is 0.0732 e. The molecule has 58 valence electrons. The molecule has 0 atom stereocenters. The number of hydrogen-bond donors (Lipinski definition) is 1. The van der Waals surface area contributed by atoms with E-state index in [1.54, 1.807) is 0 Å². The Morgan fingerprint density at radius 1 is 1.60 bits per heavy atom. The summed E-state index contributed by atoms with van der Waals surface area (Å²) in [6.45, 7) is 2.63. The molecule has 0 saturated heterocycles. The van der Waals surface area contributed by atoms with Gasteiger partial charge < -0.3 is 5.73 Å². The third-order valence-corrected chi connectivity index (χ3v) is 3.95. The van der Waals surface area contributed by atoms with Gasteiger partial charge >= 0.3 is 0 Å². The zero-order valence-corrected chi connectivity index (χ0v) is 7.53. The Balaban J connectivity index is 2.90. The van der Waals surface area contributed by atoms with Crippen molar-refractivity contribution >= 4 is 15.1 Å². The lowest BCUT2D eigenvalue weighted by Crippen LogP contribution is -2.16. The zero-order valence-electron chi connectivity index (χ0n) is 6.72. The van der Waals surface area contributed by atoms with E-state index in [2.05, 4.69) is 22.9 Å². The summed E-state index contributed by atoms with van der Waals surface area (Å²) in [4.78, 5) is 4.35. The van der Waals surface area contributed by atoms with E-state index in [1.165, 1.54) is 5.04 Å². The molecule has 0 spiro atoms. The van der Waals surface area contributed by atoms with Gasteiger partial charge in [-0.1, -0.05) is 0 Å². The van der Waals surface area contributed by atoms with E-state index in [9.17, 15) is 0 Å². The number of nitrogens with two attached hydrogens (primary N) is 1. The first-order valence-corrected chi connectivity index (χ1v) is 5.77. The number of aliphatic imine (C=N–C) groups is 1. The van der Waals surface area contributed by atoms with Gasteiger partial charge in [-0.15, -0.1) is 0 Å². The van der Waals surface area contributed by atoms with Crippen molar-refractivity contribution in [3.63, 3.8) is 0 Å². The molecule has 0 saturated carbocycles. The Hall–Kier alpha value is -0.280. The van der Waals surface area contributed by atoms with Gasteiger partial charge in [0, 0.05) is 12.2 Å². The van der Waals surface area contributed by atoms with Crippen molar-refractivity contribution < 1.29 is 0 Å². The Bertz CT molecular complexity index is 204. The van der Waals surface area contributed by atoms with Gasteiger partial charge in [0.2, 0.25) is 0 Å². The molecule has 2 N–H and O–H groups in total. The summed E-state index contributed by atoms with van der Waals surface area (Å²) in [5.41, 5.74) is 6.65. The summed E-state index contributed by atoms with van der Waals surface area (Å²) in [6.07, 6.45) is 4.43. The van der Waals surface area contributed by atoms with Crippen LogP contribution in [0.4, 0.5) is 0 Å². The molecule has 10 heavy (non-hydrogen) atoms. The molecular formula is C7H14N2S. The van der Waals surface area contributed by atoms with Crippen LogP contribution >= 0.6 is 10.0 Å². The minimum atomic E-state index is -0.723. The van der Waals surface area contributed by atoms with Gasteiger partial charge in [0.1, 0.15) is 0 Å². The Kier molecular flexibility index (Phi) is 1.88. The Morgan fingerprint density at radius 2 is 2.20 bits per heavy atom. The molecule has 0 aliphatic carbocycles. The molecule has 0 fully saturated rings. The molecule has 0 amide bonds. The standard InChI is InChI=1S/C7H14N2S/c1-6-5-10(2,3)7(4-8)9-6/h5H,4,8H2,1-3H3. The Morgan fingerprint density at radius 3 is 2.40 bits per heavy atom. The first-order valence-electron chi connectivity index (χ1n) is 3.25. The van der Waals surface area contributed by atoms with E-state index < -0.39 is 10.0 Å². The highest BCUT2D eigenvalue weighted by molar-refractivity contribution is 8.46. The summed E-state index contributed by atoms with van der Waals surface area (Å²) in [6, 6.07) is 0. The number of rotatable bonds is 1. The molecule has 3 heteroatoms. The highest BCUT2D eigenvalue weighted by Gasteiger charge is 2.20. The maximum absolute atomic E-state index is 5.53. The maximum atomic E-state index is 5.53. The molecule has 0 aromatic heterocycles. The van der Waals surface area contributed by atoms with Crippen molar-refractivity contribution in [2.45, 2.75) is 6.92 Å². The molecule has 0 radical (unpaired) electrons. The van der Waals surface area contributed by atoms with Crippen molar-refractivity contribution in [2.75, 3.05) is 19.1 Å². The molecule has 1 heterocycles. The molecule has 1 aliphatic heterocycles. The van der Waals surface area contributed by atoms with E-state index >= 15 is 0 Å². The zero-order chi connectivity index (χ0) is 7.78. The minimum absolute atomic E-state index is 0.607. The van der Waals surface area contributed by atoms with Crippen molar-refractivity contribution in [3.8, 4) is 0 Å². The first-order chi connectivity index (χ1) is 4.56. The number of hydrogen-bond acceptors (Lipinski definition) is 2. The molecule has 2 nitrogen and oxygen atoms in total. The largest absolute Gasteiger partial charge is 0.325 e. The fourth-order valence-corrected chi connectivity index (χ4v) is 2.95. The summed E-state index contributed by atoms with van der Waals surface area (Å²) in [7, 11) is -0.723.